The predicted molar refractivity (Wildman–Crippen MR) is 67.3 cm³/mol. The predicted octanol–water partition coefficient (Wildman–Crippen LogP) is 1.96. The van der Waals surface area contributed by atoms with E-state index >= 15 is 0 Å². The highest BCUT2D eigenvalue weighted by Crippen LogP contribution is 2.33. The summed E-state index contributed by atoms with van der Waals surface area (Å²) in [6, 6.07) is 0.571. The van der Waals surface area contributed by atoms with Gasteiger partial charge in [0.25, 0.3) is 0 Å². The molecule has 3 rings (SSSR count). The van der Waals surface area contributed by atoms with Gasteiger partial charge in [-0.05, 0) is 25.7 Å². The van der Waals surface area contributed by atoms with Crippen molar-refractivity contribution in [2.45, 2.75) is 38.1 Å². The van der Waals surface area contributed by atoms with Crippen LogP contribution in [0.2, 0.25) is 0 Å². The first-order valence-corrected chi connectivity index (χ1v) is 6.84. The summed E-state index contributed by atoms with van der Waals surface area (Å²) in [7, 11) is 2.00. The minimum atomic E-state index is 0.571. The smallest absolute Gasteiger partial charge is 0.0538 e. The molecule has 2 aliphatic rings. The van der Waals surface area contributed by atoms with E-state index in [9.17, 15) is 0 Å². The van der Waals surface area contributed by atoms with Crippen LogP contribution < -0.4 is 0 Å². The molecule has 1 aromatic heterocycles. The molecule has 1 aromatic rings. The molecule has 1 unspecified atom stereocenters. The second-order valence-electron chi connectivity index (χ2n) is 5.28. The fourth-order valence-corrected chi connectivity index (χ4v) is 3.18. The SMILES string of the molecule is Cn1cc(C2CCCN2N2CCCCC2)cn1. The summed E-state index contributed by atoms with van der Waals surface area (Å²) >= 11 is 0. The van der Waals surface area contributed by atoms with Crippen LogP contribution in [0.3, 0.4) is 0 Å². The first-order valence-electron chi connectivity index (χ1n) is 6.84. The van der Waals surface area contributed by atoms with Gasteiger partial charge in [-0.2, -0.15) is 5.10 Å². The Morgan fingerprint density at radius 3 is 2.65 bits per heavy atom. The number of hydrogen-bond acceptors (Lipinski definition) is 3. The highest BCUT2D eigenvalue weighted by Gasteiger charge is 2.31. The van der Waals surface area contributed by atoms with Gasteiger partial charge >= 0.3 is 0 Å². The quantitative estimate of drug-likeness (QED) is 0.782. The van der Waals surface area contributed by atoms with E-state index in [0.29, 0.717) is 6.04 Å². The van der Waals surface area contributed by atoms with Gasteiger partial charge in [0.15, 0.2) is 0 Å². The molecule has 0 spiro atoms. The van der Waals surface area contributed by atoms with Crippen molar-refractivity contribution < 1.29 is 0 Å². The molecule has 2 saturated heterocycles. The van der Waals surface area contributed by atoms with Crippen LogP contribution in [0.15, 0.2) is 12.4 Å². The van der Waals surface area contributed by atoms with Crippen LogP contribution in [-0.2, 0) is 7.05 Å². The number of aryl methyl sites for hydroxylation is 1. The lowest BCUT2D eigenvalue weighted by Crippen LogP contribution is -2.44. The summed E-state index contributed by atoms with van der Waals surface area (Å²) in [6.45, 7) is 3.72. The zero-order valence-electron chi connectivity index (χ0n) is 10.7. The maximum atomic E-state index is 4.31. The average Bonchev–Trinajstić information content (AvgIpc) is 2.98. The summed E-state index contributed by atoms with van der Waals surface area (Å²) in [5.41, 5.74) is 1.38. The number of aromatic nitrogens is 2. The van der Waals surface area contributed by atoms with Crippen LogP contribution >= 0.6 is 0 Å². The summed E-state index contributed by atoms with van der Waals surface area (Å²) in [5.74, 6) is 0. The number of hydrogen-bond donors (Lipinski definition) is 0. The minimum absolute atomic E-state index is 0.571. The average molecular weight is 234 g/mol. The number of nitrogens with zero attached hydrogens (tertiary/aromatic N) is 4. The molecule has 3 heterocycles. The van der Waals surface area contributed by atoms with Gasteiger partial charge in [0.2, 0.25) is 0 Å². The van der Waals surface area contributed by atoms with Crippen molar-refractivity contribution in [1.29, 1.82) is 0 Å². The van der Waals surface area contributed by atoms with Crippen molar-refractivity contribution in [2.24, 2.45) is 7.05 Å². The zero-order valence-corrected chi connectivity index (χ0v) is 10.7. The van der Waals surface area contributed by atoms with Gasteiger partial charge < -0.3 is 0 Å². The number of piperidine rings is 1. The molecular formula is C13H22N4. The van der Waals surface area contributed by atoms with Gasteiger partial charge in [0.05, 0.1) is 12.2 Å². The maximum absolute atomic E-state index is 4.31. The van der Waals surface area contributed by atoms with Crippen LogP contribution in [0.5, 0.6) is 0 Å². The Hall–Kier alpha value is -0.870. The molecule has 94 valence electrons. The summed E-state index contributed by atoms with van der Waals surface area (Å²) < 4.78 is 1.92. The van der Waals surface area contributed by atoms with Gasteiger partial charge in [0, 0.05) is 38.4 Å². The molecule has 4 nitrogen and oxygen atoms in total. The molecule has 2 fully saturated rings. The molecule has 0 radical (unpaired) electrons. The molecule has 0 amide bonds. The van der Waals surface area contributed by atoms with Crippen molar-refractivity contribution in [3.05, 3.63) is 18.0 Å². The first kappa shape index (κ1) is 11.2. The molecule has 0 bridgehead atoms. The van der Waals surface area contributed by atoms with E-state index in [0.717, 1.165) is 0 Å². The lowest BCUT2D eigenvalue weighted by atomic mass is 10.1. The van der Waals surface area contributed by atoms with Crippen molar-refractivity contribution in [3.8, 4) is 0 Å². The third-order valence-corrected chi connectivity index (χ3v) is 4.03. The highest BCUT2D eigenvalue weighted by atomic mass is 15.6. The molecule has 0 saturated carbocycles. The number of rotatable bonds is 2. The van der Waals surface area contributed by atoms with Crippen LogP contribution in [0, 0.1) is 0 Å². The van der Waals surface area contributed by atoms with Crippen LogP contribution in [0.1, 0.15) is 43.7 Å². The monoisotopic (exact) mass is 234 g/mol. The summed E-state index contributed by atoms with van der Waals surface area (Å²) in [6.07, 6.45) is 10.9. The van der Waals surface area contributed by atoms with Crippen LogP contribution in [-0.4, -0.2) is 39.4 Å². The topological polar surface area (TPSA) is 24.3 Å². The fourth-order valence-electron chi connectivity index (χ4n) is 3.18. The van der Waals surface area contributed by atoms with Gasteiger partial charge in [0.1, 0.15) is 0 Å². The number of hydrazine groups is 1. The van der Waals surface area contributed by atoms with Crippen molar-refractivity contribution in [2.75, 3.05) is 19.6 Å². The third kappa shape index (κ3) is 2.24. The standard InChI is InChI=1S/C13H22N4/c1-15-11-12(10-14-15)13-6-5-9-17(13)16-7-3-2-4-8-16/h10-11,13H,2-9H2,1H3. The van der Waals surface area contributed by atoms with E-state index in [2.05, 4.69) is 21.3 Å². The van der Waals surface area contributed by atoms with E-state index in [1.807, 2.05) is 17.9 Å². The Morgan fingerprint density at radius 1 is 1.12 bits per heavy atom. The lowest BCUT2D eigenvalue weighted by Gasteiger charge is -2.38. The van der Waals surface area contributed by atoms with Crippen molar-refractivity contribution in [3.63, 3.8) is 0 Å². The van der Waals surface area contributed by atoms with Crippen molar-refractivity contribution >= 4 is 0 Å². The molecule has 0 aliphatic carbocycles. The summed E-state index contributed by atoms with van der Waals surface area (Å²) in [5, 5.41) is 9.48. The second-order valence-corrected chi connectivity index (χ2v) is 5.28. The van der Waals surface area contributed by atoms with Crippen molar-refractivity contribution in [1.82, 2.24) is 19.8 Å². The second kappa shape index (κ2) is 4.78. The highest BCUT2D eigenvalue weighted by molar-refractivity contribution is 5.11. The molecule has 0 N–H and O–H groups in total. The molecule has 0 aromatic carbocycles. The van der Waals surface area contributed by atoms with E-state index < -0.39 is 0 Å². The fraction of sp³-hybridized carbons (Fsp3) is 0.769. The Morgan fingerprint density at radius 2 is 1.94 bits per heavy atom. The molecule has 2 aliphatic heterocycles. The molecule has 1 atom stereocenters. The third-order valence-electron chi connectivity index (χ3n) is 4.03. The Labute approximate surface area is 103 Å². The molecule has 17 heavy (non-hydrogen) atoms. The van der Waals surface area contributed by atoms with E-state index in [4.69, 9.17) is 0 Å². The molecular weight excluding hydrogens is 212 g/mol. The zero-order chi connectivity index (χ0) is 11.7. The molecule has 4 heteroatoms. The van der Waals surface area contributed by atoms with Crippen LogP contribution in [0.4, 0.5) is 0 Å². The van der Waals surface area contributed by atoms with Gasteiger partial charge in [-0.15, -0.1) is 0 Å². The Kier molecular flexibility index (Phi) is 3.16. The van der Waals surface area contributed by atoms with E-state index in [1.54, 1.807) is 0 Å². The van der Waals surface area contributed by atoms with Gasteiger partial charge in [-0.3, -0.25) is 4.68 Å². The summed E-state index contributed by atoms with van der Waals surface area (Å²) in [4.78, 5) is 0. The Bertz CT molecular complexity index is 367. The maximum Gasteiger partial charge on any atom is 0.0538 e. The Balaban J connectivity index is 1.74. The first-order chi connectivity index (χ1) is 8.34. The largest absolute Gasteiger partial charge is 0.275 e. The van der Waals surface area contributed by atoms with Crippen LogP contribution in [0.25, 0.3) is 0 Å². The minimum Gasteiger partial charge on any atom is -0.275 e. The normalized spacial score (nSPS) is 27.7. The lowest BCUT2D eigenvalue weighted by molar-refractivity contribution is -0.0509. The van der Waals surface area contributed by atoms with Gasteiger partial charge in [-0.1, -0.05) is 6.42 Å². The van der Waals surface area contributed by atoms with E-state index in [1.165, 1.54) is 57.3 Å². The van der Waals surface area contributed by atoms with Gasteiger partial charge in [-0.25, -0.2) is 10.0 Å². The van der Waals surface area contributed by atoms with E-state index in [-0.39, 0.29) is 0 Å².